The van der Waals surface area contributed by atoms with Crippen LogP contribution in [0.1, 0.15) is 20.8 Å². The summed E-state index contributed by atoms with van der Waals surface area (Å²) in [7, 11) is 1.54. The maximum absolute atomic E-state index is 12.7. The molecular formula is C9H16F3NO2. The van der Waals surface area contributed by atoms with Gasteiger partial charge in [-0.3, -0.25) is 9.69 Å². The van der Waals surface area contributed by atoms with E-state index < -0.39 is 17.8 Å². The van der Waals surface area contributed by atoms with Crippen molar-refractivity contribution in [2.45, 2.75) is 38.6 Å². The van der Waals surface area contributed by atoms with Crippen LogP contribution in [0, 0.1) is 0 Å². The Kier molecular flexibility index (Phi) is 4.58. The average molecular weight is 227 g/mol. The van der Waals surface area contributed by atoms with E-state index in [1.807, 2.05) is 0 Å². The number of halogens is 3. The van der Waals surface area contributed by atoms with E-state index in [9.17, 15) is 18.0 Å². The number of likely N-dealkylation sites (N-methyl/N-ethyl adjacent to an activating group) is 1. The highest BCUT2D eigenvalue weighted by Gasteiger charge is 2.57. The fourth-order valence-electron chi connectivity index (χ4n) is 1.20. The van der Waals surface area contributed by atoms with E-state index in [4.69, 9.17) is 0 Å². The molecule has 0 heterocycles. The predicted octanol–water partition coefficient (Wildman–Crippen LogP) is 1.82. The van der Waals surface area contributed by atoms with Crippen molar-refractivity contribution in [1.82, 2.24) is 4.90 Å². The van der Waals surface area contributed by atoms with Gasteiger partial charge in [-0.2, -0.15) is 13.2 Å². The second kappa shape index (κ2) is 4.83. The third kappa shape index (κ3) is 2.84. The zero-order chi connectivity index (χ0) is 12.3. The fourth-order valence-corrected chi connectivity index (χ4v) is 1.20. The minimum absolute atomic E-state index is 0.159. The Morgan fingerprint density at radius 2 is 1.93 bits per heavy atom. The number of hydrogen-bond donors (Lipinski definition) is 0. The lowest BCUT2D eigenvalue weighted by Gasteiger charge is -2.39. The highest BCUT2D eigenvalue weighted by atomic mass is 19.4. The van der Waals surface area contributed by atoms with Crippen molar-refractivity contribution in [3.05, 3.63) is 0 Å². The summed E-state index contributed by atoms with van der Waals surface area (Å²) in [5.41, 5.74) is -2.47. The lowest BCUT2D eigenvalue weighted by molar-refractivity contribution is -0.274. The summed E-state index contributed by atoms with van der Waals surface area (Å²) in [5.74, 6) is 0. The SMILES string of the molecule is CCN(C)C(C)C(C)(OC=O)C(F)(F)F. The van der Waals surface area contributed by atoms with Crippen LogP contribution >= 0.6 is 0 Å². The molecule has 0 saturated heterocycles. The number of hydrogen-bond acceptors (Lipinski definition) is 3. The van der Waals surface area contributed by atoms with Crippen LogP contribution in [0.3, 0.4) is 0 Å². The molecule has 0 rings (SSSR count). The molecule has 0 spiro atoms. The molecule has 0 radical (unpaired) electrons. The second-order valence-electron chi connectivity index (χ2n) is 3.57. The summed E-state index contributed by atoms with van der Waals surface area (Å²) in [6.07, 6.45) is -4.59. The van der Waals surface area contributed by atoms with E-state index in [1.54, 1.807) is 14.0 Å². The van der Waals surface area contributed by atoms with Crippen LogP contribution in [0.4, 0.5) is 13.2 Å². The smallest absolute Gasteiger partial charge is 0.429 e. The largest absolute Gasteiger partial charge is 0.450 e. The maximum Gasteiger partial charge on any atom is 0.429 e. The molecule has 0 aliphatic carbocycles. The van der Waals surface area contributed by atoms with Crippen molar-refractivity contribution < 1.29 is 22.7 Å². The van der Waals surface area contributed by atoms with Crippen LogP contribution in [0.5, 0.6) is 0 Å². The van der Waals surface area contributed by atoms with Crippen LogP contribution < -0.4 is 0 Å². The van der Waals surface area contributed by atoms with Crippen LogP contribution in [-0.4, -0.2) is 42.8 Å². The first-order chi connectivity index (χ1) is 6.70. The van der Waals surface area contributed by atoms with Gasteiger partial charge in [0.05, 0.1) is 6.04 Å². The summed E-state index contributed by atoms with van der Waals surface area (Å²) >= 11 is 0. The van der Waals surface area contributed by atoms with Gasteiger partial charge in [-0.1, -0.05) is 6.92 Å². The van der Waals surface area contributed by atoms with E-state index >= 15 is 0 Å². The summed E-state index contributed by atoms with van der Waals surface area (Å²) in [5, 5.41) is 0. The number of carbonyl (C=O) groups excluding carboxylic acids is 1. The predicted molar refractivity (Wildman–Crippen MR) is 49.4 cm³/mol. The molecule has 0 aliphatic rings. The third-order valence-corrected chi connectivity index (χ3v) is 2.81. The average Bonchev–Trinajstić information content (AvgIpc) is 2.14. The molecule has 15 heavy (non-hydrogen) atoms. The number of ether oxygens (including phenoxy) is 1. The van der Waals surface area contributed by atoms with Crippen LogP contribution in [-0.2, 0) is 9.53 Å². The molecule has 90 valence electrons. The second-order valence-corrected chi connectivity index (χ2v) is 3.57. The Morgan fingerprint density at radius 3 is 2.20 bits per heavy atom. The van der Waals surface area contributed by atoms with E-state index in [0.717, 1.165) is 6.92 Å². The van der Waals surface area contributed by atoms with Gasteiger partial charge in [0.25, 0.3) is 6.47 Å². The van der Waals surface area contributed by atoms with E-state index in [-0.39, 0.29) is 6.47 Å². The summed E-state index contributed by atoms with van der Waals surface area (Å²) in [6.45, 7) is 4.26. The van der Waals surface area contributed by atoms with Crippen molar-refractivity contribution >= 4 is 6.47 Å². The standard InChI is InChI=1S/C9H16F3NO2/c1-5-13(4)7(2)8(3,15-6-14)9(10,11)12/h6-7H,5H2,1-4H3. The molecule has 2 atom stereocenters. The lowest BCUT2D eigenvalue weighted by Crippen LogP contribution is -2.58. The Balaban J connectivity index is 5.02. The Hall–Kier alpha value is -0.780. The Bertz CT molecular complexity index is 220. The molecule has 0 aromatic rings. The van der Waals surface area contributed by atoms with Gasteiger partial charge in [-0.15, -0.1) is 0 Å². The summed E-state index contributed by atoms with van der Waals surface area (Å²) in [4.78, 5) is 11.6. The van der Waals surface area contributed by atoms with Gasteiger partial charge >= 0.3 is 6.18 Å². The first kappa shape index (κ1) is 14.2. The Morgan fingerprint density at radius 1 is 1.47 bits per heavy atom. The molecule has 0 aliphatic heterocycles. The number of carbonyl (C=O) groups is 1. The minimum Gasteiger partial charge on any atom is -0.450 e. The van der Waals surface area contributed by atoms with Crippen molar-refractivity contribution in [2.24, 2.45) is 0 Å². The number of rotatable bonds is 5. The molecule has 2 unspecified atom stereocenters. The molecule has 0 fully saturated rings. The van der Waals surface area contributed by atoms with E-state index in [2.05, 4.69) is 4.74 Å². The molecule has 0 amide bonds. The molecule has 0 N–H and O–H groups in total. The lowest BCUT2D eigenvalue weighted by atomic mass is 9.95. The Labute approximate surface area is 87.2 Å². The van der Waals surface area contributed by atoms with E-state index in [0.29, 0.717) is 6.54 Å². The molecule has 0 aromatic heterocycles. The quantitative estimate of drug-likeness (QED) is 0.671. The highest BCUT2D eigenvalue weighted by Crippen LogP contribution is 2.37. The first-order valence-electron chi connectivity index (χ1n) is 4.59. The fraction of sp³-hybridized carbons (Fsp3) is 0.889. The molecule has 3 nitrogen and oxygen atoms in total. The normalized spacial score (nSPS) is 18.4. The monoisotopic (exact) mass is 227 g/mol. The van der Waals surface area contributed by atoms with Crippen molar-refractivity contribution in [2.75, 3.05) is 13.6 Å². The maximum atomic E-state index is 12.7. The van der Waals surface area contributed by atoms with Crippen LogP contribution in [0.2, 0.25) is 0 Å². The van der Waals surface area contributed by atoms with Crippen LogP contribution in [0.25, 0.3) is 0 Å². The van der Waals surface area contributed by atoms with Crippen molar-refractivity contribution in [3.8, 4) is 0 Å². The van der Waals surface area contributed by atoms with Gasteiger partial charge in [0.15, 0.2) is 0 Å². The number of alkyl halides is 3. The third-order valence-electron chi connectivity index (χ3n) is 2.81. The van der Waals surface area contributed by atoms with Gasteiger partial charge in [-0.25, -0.2) is 0 Å². The zero-order valence-corrected chi connectivity index (χ0v) is 9.26. The van der Waals surface area contributed by atoms with Crippen molar-refractivity contribution in [3.63, 3.8) is 0 Å². The first-order valence-corrected chi connectivity index (χ1v) is 4.59. The van der Waals surface area contributed by atoms with Crippen molar-refractivity contribution in [1.29, 1.82) is 0 Å². The highest BCUT2D eigenvalue weighted by molar-refractivity contribution is 5.39. The van der Waals surface area contributed by atoms with Crippen LogP contribution in [0.15, 0.2) is 0 Å². The summed E-state index contributed by atoms with van der Waals surface area (Å²) in [6, 6.07) is -0.937. The zero-order valence-electron chi connectivity index (χ0n) is 9.26. The molecule has 0 saturated carbocycles. The molecule has 6 heteroatoms. The summed E-state index contributed by atoms with van der Waals surface area (Å²) < 4.78 is 42.4. The van der Waals surface area contributed by atoms with Gasteiger partial charge in [-0.05, 0) is 27.4 Å². The molecule has 0 bridgehead atoms. The molecular weight excluding hydrogens is 211 g/mol. The van der Waals surface area contributed by atoms with Gasteiger partial charge < -0.3 is 4.74 Å². The molecule has 0 aromatic carbocycles. The number of nitrogens with zero attached hydrogens (tertiary/aromatic N) is 1. The minimum atomic E-state index is -4.59. The topological polar surface area (TPSA) is 29.5 Å². The van der Waals surface area contributed by atoms with Gasteiger partial charge in [0.2, 0.25) is 5.60 Å². The van der Waals surface area contributed by atoms with E-state index in [1.165, 1.54) is 11.8 Å². The van der Waals surface area contributed by atoms with Gasteiger partial charge in [0, 0.05) is 0 Å². The van der Waals surface area contributed by atoms with Gasteiger partial charge in [0.1, 0.15) is 0 Å².